The average molecular weight is 407 g/mol. The smallest absolute Gasteiger partial charge is 0.251 e. The molecule has 7 nitrogen and oxygen atoms in total. The molecule has 1 N–H and O–H groups in total. The van der Waals surface area contributed by atoms with Crippen LogP contribution in [-0.4, -0.2) is 65.0 Å². The molecule has 152 valence electrons. The number of carbonyl (C=O) groups is 1. The summed E-state index contributed by atoms with van der Waals surface area (Å²) in [5.41, 5.74) is 1.66. The summed E-state index contributed by atoms with van der Waals surface area (Å²) in [6.45, 7) is 3.62. The van der Waals surface area contributed by atoms with E-state index >= 15 is 0 Å². The number of methoxy groups -OCH3 is 3. The van der Waals surface area contributed by atoms with Crippen molar-refractivity contribution < 1.29 is 23.7 Å². The number of nitrogens with zero attached hydrogens (tertiary/aromatic N) is 1. The number of hydrogen-bond donors (Lipinski definition) is 1. The molecule has 1 saturated heterocycles. The predicted molar refractivity (Wildman–Crippen MR) is 108 cm³/mol. The van der Waals surface area contributed by atoms with Crippen molar-refractivity contribution >= 4 is 17.2 Å². The summed E-state index contributed by atoms with van der Waals surface area (Å²) < 4.78 is 21.5. The lowest BCUT2D eigenvalue weighted by atomic mass is 10.1. The van der Waals surface area contributed by atoms with Crippen molar-refractivity contribution in [1.29, 1.82) is 0 Å². The van der Waals surface area contributed by atoms with Crippen LogP contribution in [0, 0.1) is 0 Å². The van der Waals surface area contributed by atoms with Crippen LogP contribution in [0.25, 0.3) is 0 Å². The van der Waals surface area contributed by atoms with Crippen LogP contribution >= 0.6 is 11.3 Å². The minimum absolute atomic E-state index is 0.112. The number of rotatable bonds is 8. The quantitative estimate of drug-likeness (QED) is 0.727. The van der Waals surface area contributed by atoms with Gasteiger partial charge in [0, 0.05) is 25.2 Å². The van der Waals surface area contributed by atoms with Crippen LogP contribution in [0.2, 0.25) is 0 Å². The fraction of sp³-hybridized carbons (Fsp3) is 0.450. The maximum absolute atomic E-state index is 12.8. The van der Waals surface area contributed by atoms with Crippen molar-refractivity contribution in [3.63, 3.8) is 0 Å². The van der Waals surface area contributed by atoms with Gasteiger partial charge in [-0.2, -0.15) is 11.3 Å². The lowest BCUT2D eigenvalue weighted by Gasteiger charge is -2.34. The van der Waals surface area contributed by atoms with Gasteiger partial charge in [0.15, 0.2) is 11.5 Å². The molecule has 3 rings (SSSR count). The van der Waals surface area contributed by atoms with E-state index in [-0.39, 0.29) is 11.9 Å². The third-order valence-electron chi connectivity index (χ3n) is 4.80. The Balaban J connectivity index is 1.75. The average Bonchev–Trinajstić information content (AvgIpc) is 3.27. The lowest BCUT2D eigenvalue weighted by molar-refractivity contribution is 0.0163. The van der Waals surface area contributed by atoms with Crippen molar-refractivity contribution in [3.05, 3.63) is 40.1 Å². The highest BCUT2D eigenvalue weighted by Crippen LogP contribution is 2.38. The molecule has 1 aliphatic heterocycles. The Morgan fingerprint density at radius 2 is 1.86 bits per heavy atom. The van der Waals surface area contributed by atoms with Gasteiger partial charge in [0.05, 0.1) is 40.6 Å². The molecule has 2 heterocycles. The van der Waals surface area contributed by atoms with E-state index < -0.39 is 0 Å². The maximum atomic E-state index is 12.8. The minimum Gasteiger partial charge on any atom is -0.493 e. The van der Waals surface area contributed by atoms with E-state index in [9.17, 15) is 4.79 Å². The molecule has 1 aromatic heterocycles. The Labute approximate surface area is 169 Å². The number of amides is 1. The van der Waals surface area contributed by atoms with E-state index in [4.69, 9.17) is 18.9 Å². The summed E-state index contributed by atoms with van der Waals surface area (Å²) in [7, 11) is 4.60. The van der Waals surface area contributed by atoms with Gasteiger partial charge in [-0.1, -0.05) is 0 Å². The van der Waals surface area contributed by atoms with Crippen molar-refractivity contribution in [2.75, 3.05) is 54.2 Å². The number of benzene rings is 1. The summed E-state index contributed by atoms with van der Waals surface area (Å²) in [5.74, 6) is 1.18. The normalized spacial score (nSPS) is 15.7. The van der Waals surface area contributed by atoms with Crippen LogP contribution in [0.3, 0.4) is 0 Å². The maximum Gasteiger partial charge on any atom is 0.251 e. The molecule has 8 heteroatoms. The van der Waals surface area contributed by atoms with Crippen LogP contribution in [0.1, 0.15) is 22.0 Å². The van der Waals surface area contributed by atoms with Crippen LogP contribution < -0.4 is 19.5 Å². The lowest BCUT2D eigenvalue weighted by Crippen LogP contribution is -2.43. The second-order valence-corrected chi connectivity index (χ2v) is 7.12. The molecule has 1 atom stereocenters. The van der Waals surface area contributed by atoms with Gasteiger partial charge >= 0.3 is 0 Å². The van der Waals surface area contributed by atoms with Gasteiger partial charge in [-0.25, -0.2) is 0 Å². The summed E-state index contributed by atoms with van der Waals surface area (Å²) in [5, 5.41) is 7.25. The Bertz CT molecular complexity index is 750. The molecule has 0 radical (unpaired) electrons. The standard InChI is InChI=1S/C20H26N2O5S/c1-24-17-10-15(11-18(25-2)19(17)26-3)20(23)21-12-16(14-4-9-28-13-14)22-5-7-27-8-6-22/h4,9-11,13,16H,5-8,12H2,1-3H3,(H,21,23)/t16-/m1/s1. The molecule has 0 saturated carbocycles. The Morgan fingerprint density at radius 3 is 2.39 bits per heavy atom. The van der Waals surface area contributed by atoms with Crippen LogP contribution in [-0.2, 0) is 4.74 Å². The van der Waals surface area contributed by atoms with Gasteiger partial charge in [-0.05, 0) is 34.5 Å². The number of carbonyl (C=O) groups excluding carboxylic acids is 1. The van der Waals surface area contributed by atoms with Gasteiger partial charge in [0.2, 0.25) is 5.75 Å². The Hall–Kier alpha value is -2.29. The molecule has 0 aliphatic carbocycles. The molecule has 1 aliphatic rings. The largest absolute Gasteiger partial charge is 0.493 e. The zero-order valence-corrected chi connectivity index (χ0v) is 17.2. The third-order valence-corrected chi connectivity index (χ3v) is 5.50. The first-order chi connectivity index (χ1) is 13.7. The first-order valence-corrected chi connectivity index (χ1v) is 10.0. The molecule has 2 aromatic rings. The van der Waals surface area contributed by atoms with Crippen LogP contribution in [0.5, 0.6) is 17.2 Å². The number of nitrogens with one attached hydrogen (secondary N) is 1. The van der Waals surface area contributed by atoms with E-state index in [0.29, 0.717) is 42.6 Å². The van der Waals surface area contributed by atoms with Crippen molar-refractivity contribution in [2.45, 2.75) is 6.04 Å². The van der Waals surface area contributed by atoms with E-state index in [1.54, 1.807) is 23.5 Å². The Morgan fingerprint density at radius 1 is 1.18 bits per heavy atom. The molecular weight excluding hydrogens is 380 g/mol. The summed E-state index contributed by atoms with van der Waals surface area (Å²) in [6.07, 6.45) is 0. The number of ether oxygens (including phenoxy) is 4. The highest BCUT2D eigenvalue weighted by molar-refractivity contribution is 7.07. The highest BCUT2D eigenvalue weighted by Gasteiger charge is 2.24. The first kappa shape index (κ1) is 20.4. The number of hydrogen-bond acceptors (Lipinski definition) is 7. The van der Waals surface area contributed by atoms with Crippen LogP contribution in [0.15, 0.2) is 29.0 Å². The summed E-state index contributed by atoms with van der Waals surface area (Å²) in [4.78, 5) is 15.2. The number of morpholine rings is 1. The molecule has 1 fully saturated rings. The van der Waals surface area contributed by atoms with E-state index in [1.165, 1.54) is 26.9 Å². The zero-order chi connectivity index (χ0) is 19.9. The third kappa shape index (κ3) is 4.57. The van der Waals surface area contributed by atoms with Crippen LogP contribution in [0.4, 0.5) is 0 Å². The van der Waals surface area contributed by atoms with Gasteiger partial charge in [-0.15, -0.1) is 0 Å². The topological polar surface area (TPSA) is 69.3 Å². The molecule has 1 aromatic carbocycles. The second kappa shape index (κ2) is 9.77. The second-order valence-electron chi connectivity index (χ2n) is 6.34. The van der Waals surface area contributed by atoms with E-state index in [0.717, 1.165) is 13.1 Å². The van der Waals surface area contributed by atoms with Crippen molar-refractivity contribution in [3.8, 4) is 17.2 Å². The fourth-order valence-corrected chi connectivity index (χ4v) is 4.02. The van der Waals surface area contributed by atoms with Crippen molar-refractivity contribution in [1.82, 2.24) is 10.2 Å². The zero-order valence-electron chi connectivity index (χ0n) is 16.4. The molecule has 28 heavy (non-hydrogen) atoms. The minimum atomic E-state index is -0.187. The highest BCUT2D eigenvalue weighted by atomic mass is 32.1. The number of thiophene rings is 1. The van der Waals surface area contributed by atoms with Gasteiger partial charge in [0.25, 0.3) is 5.91 Å². The Kier molecular flexibility index (Phi) is 7.13. The first-order valence-electron chi connectivity index (χ1n) is 9.10. The molecule has 0 spiro atoms. The fourth-order valence-electron chi connectivity index (χ4n) is 3.32. The molecule has 1 amide bonds. The van der Waals surface area contributed by atoms with E-state index in [2.05, 4.69) is 27.0 Å². The molecular formula is C20H26N2O5S. The van der Waals surface area contributed by atoms with Gasteiger partial charge < -0.3 is 24.3 Å². The van der Waals surface area contributed by atoms with Crippen molar-refractivity contribution in [2.24, 2.45) is 0 Å². The summed E-state index contributed by atoms with van der Waals surface area (Å²) >= 11 is 1.66. The van der Waals surface area contributed by atoms with Gasteiger partial charge in [0.1, 0.15) is 0 Å². The van der Waals surface area contributed by atoms with Gasteiger partial charge in [-0.3, -0.25) is 9.69 Å². The SMILES string of the molecule is COc1cc(C(=O)NC[C@H](c2ccsc2)N2CCOCC2)cc(OC)c1OC. The predicted octanol–water partition coefficient (Wildman–Crippen LogP) is 2.58. The molecule has 0 unspecified atom stereocenters. The van der Waals surface area contributed by atoms with E-state index in [1.807, 2.05) is 0 Å². The summed E-state index contributed by atoms with van der Waals surface area (Å²) in [6, 6.07) is 5.54. The monoisotopic (exact) mass is 406 g/mol. The molecule has 0 bridgehead atoms.